The summed E-state index contributed by atoms with van der Waals surface area (Å²) in [6.45, 7) is 0. The minimum absolute atomic E-state index is 0.115. The van der Waals surface area contributed by atoms with Gasteiger partial charge in [0.05, 0.1) is 30.4 Å². The lowest BCUT2D eigenvalue weighted by molar-refractivity contribution is -0.305. The number of amides is 1. The van der Waals surface area contributed by atoms with Gasteiger partial charge in [-0.2, -0.15) is 0 Å². The van der Waals surface area contributed by atoms with Crippen molar-refractivity contribution in [1.82, 2.24) is 0 Å². The molecule has 8 heteroatoms. The second-order valence-electron chi connectivity index (χ2n) is 9.43. The van der Waals surface area contributed by atoms with Crippen LogP contribution in [0, 0.1) is 11.7 Å². The molecule has 3 atom stereocenters. The van der Waals surface area contributed by atoms with E-state index in [1.165, 1.54) is 17.0 Å². The van der Waals surface area contributed by atoms with E-state index >= 15 is 0 Å². The molecular weight excluding hydrogens is 487 g/mol. The molecule has 1 aliphatic heterocycles. The predicted molar refractivity (Wildman–Crippen MR) is 138 cm³/mol. The van der Waals surface area contributed by atoms with Crippen LogP contribution in [0.2, 0.25) is 0 Å². The van der Waals surface area contributed by atoms with Crippen LogP contribution in [0.4, 0.5) is 15.8 Å². The Labute approximate surface area is 219 Å². The number of carbonyl (C=O) groups is 3. The maximum absolute atomic E-state index is 14.0. The van der Waals surface area contributed by atoms with Gasteiger partial charge in [-0.3, -0.25) is 9.59 Å². The van der Waals surface area contributed by atoms with Crippen LogP contribution >= 0.6 is 0 Å². The summed E-state index contributed by atoms with van der Waals surface area (Å²) in [5.41, 5.74) is 3.13. The number of Topliss-reactive ketones (excluding diaryl/α,β-unsaturated/α-hetero) is 1. The molecule has 1 N–H and O–H groups in total. The molecule has 194 valence electrons. The van der Waals surface area contributed by atoms with E-state index in [1.54, 1.807) is 61.7 Å². The zero-order valence-electron chi connectivity index (χ0n) is 20.7. The minimum Gasteiger partial charge on any atom is -0.550 e. The maximum atomic E-state index is 14.0. The SMILES string of the molecule is COc1ccc(C2C3C(=O)CC(c4cccc(F)c4)C=C3Nc3ccccc3N2C(=O)CCC(=O)[O-])cc1. The van der Waals surface area contributed by atoms with Crippen LogP contribution in [0.25, 0.3) is 0 Å². The van der Waals surface area contributed by atoms with E-state index in [4.69, 9.17) is 4.74 Å². The number of allylic oxidation sites excluding steroid dienone is 1. The van der Waals surface area contributed by atoms with Gasteiger partial charge in [-0.05, 0) is 53.9 Å². The number of halogens is 1. The van der Waals surface area contributed by atoms with E-state index in [0.717, 1.165) is 0 Å². The molecule has 0 bridgehead atoms. The molecule has 0 fully saturated rings. The highest BCUT2D eigenvalue weighted by molar-refractivity contribution is 6.02. The molecule has 0 spiro atoms. The van der Waals surface area contributed by atoms with E-state index in [9.17, 15) is 23.9 Å². The number of ketones is 1. The standard InChI is InChI=1S/C30H27FN2O5/c1-38-22-11-9-18(10-12-22)30-29-24(16-20(17-26(29)34)19-5-4-6-21(31)15-19)32-23-7-2-3-8-25(23)33(30)27(35)13-14-28(36)37/h2-12,15-16,20,29-30,32H,13-14,17H2,1H3,(H,36,37)/p-1. The van der Waals surface area contributed by atoms with Crippen molar-refractivity contribution in [2.45, 2.75) is 31.2 Å². The fraction of sp³-hybridized carbons (Fsp3) is 0.233. The van der Waals surface area contributed by atoms with Gasteiger partial charge in [0, 0.05) is 30.4 Å². The number of nitrogens with zero attached hydrogens (tertiary/aromatic N) is 1. The summed E-state index contributed by atoms with van der Waals surface area (Å²) < 4.78 is 19.3. The highest BCUT2D eigenvalue weighted by Crippen LogP contribution is 2.48. The van der Waals surface area contributed by atoms with E-state index in [2.05, 4.69) is 5.32 Å². The zero-order chi connectivity index (χ0) is 26.8. The Morgan fingerprint density at radius 2 is 1.79 bits per heavy atom. The van der Waals surface area contributed by atoms with Gasteiger partial charge < -0.3 is 24.9 Å². The maximum Gasteiger partial charge on any atom is 0.228 e. The minimum atomic E-state index is -1.33. The smallest absolute Gasteiger partial charge is 0.228 e. The number of carboxylic acid groups (broad SMARTS) is 1. The van der Waals surface area contributed by atoms with Crippen LogP contribution in [0.5, 0.6) is 5.75 Å². The summed E-state index contributed by atoms with van der Waals surface area (Å²) in [6.07, 6.45) is 1.34. The lowest BCUT2D eigenvalue weighted by atomic mass is 9.76. The number of para-hydroxylation sites is 2. The number of aliphatic carboxylic acids is 1. The first-order valence-corrected chi connectivity index (χ1v) is 12.4. The Kier molecular flexibility index (Phi) is 6.96. The van der Waals surface area contributed by atoms with Gasteiger partial charge in [-0.1, -0.05) is 42.5 Å². The monoisotopic (exact) mass is 513 g/mol. The zero-order valence-corrected chi connectivity index (χ0v) is 20.7. The Bertz CT molecular complexity index is 1420. The first-order valence-electron chi connectivity index (χ1n) is 12.4. The summed E-state index contributed by atoms with van der Waals surface area (Å²) in [7, 11) is 1.55. The average Bonchev–Trinajstić information content (AvgIpc) is 3.06. The molecule has 1 heterocycles. The summed E-state index contributed by atoms with van der Waals surface area (Å²) in [5.74, 6) is -2.74. The summed E-state index contributed by atoms with van der Waals surface area (Å²) in [4.78, 5) is 40.3. The molecule has 5 rings (SSSR count). The number of hydrogen-bond donors (Lipinski definition) is 1. The Morgan fingerprint density at radius 1 is 1.03 bits per heavy atom. The molecule has 7 nitrogen and oxygen atoms in total. The Hall–Kier alpha value is -4.46. The molecule has 1 amide bonds. The molecule has 0 radical (unpaired) electrons. The number of nitrogens with one attached hydrogen (secondary N) is 1. The molecule has 0 aromatic heterocycles. The third-order valence-electron chi connectivity index (χ3n) is 7.07. The molecule has 38 heavy (non-hydrogen) atoms. The number of fused-ring (bicyclic) bond motifs is 2. The lowest BCUT2D eigenvalue weighted by Gasteiger charge is -2.37. The van der Waals surface area contributed by atoms with Crippen molar-refractivity contribution in [2.75, 3.05) is 17.3 Å². The summed E-state index contributed by atoms with van der Waals surface area (Å²) in [6, 6.07) is 19.7. The first-order chi connectivity index (χ1) is 18.4. The summed E-state index contributed by atoms with van der Waals surface area (Å²) >= 11 is 0. The van der Waals surface area contributed by atoms with Gasteiger partial charge in [-0.15, -0.1) is 0 Å². The third-order valence-corrected chi connectivity index (χ3v) is 7.07. The number of benzene rings is 3. The molecule has 1 aliphatic carbocycles. The average molecular weight is 514 g/mol. The highest BCUT2D eigenvalue weighted by atomic mass is 19.1. The van der Waals surface area contributed by atoms with Crippen molar-refractivity contribution in [1.29, 1.82) is 0 Å². The number of anilines is 2. The number of carboxylic acids is 1. The third kappa shape index (κ3) is 4.89. The second-order valence-corrected chi connectivity index (χ2v) is 9.43. The van der Waals surface area contributed by atoms with E-state index in [0.29, 0.717) is 33.9 Å². The number of rotatable bonds is 6. The fourth-order valence-corrected chi connectivity index (χ4v) is 5.32. The summed E-state index contributed by atoms with van der Waals surface area (Å²) in [5, 5.41) is 14.6. The van der Waals surface area contributed by atoms with Gasteiger partial charge in [0.15, 0.2) is 0 Å². The van der Waals surface area contributed by atoms with Crippen molar-refractivity contribution in [2.24, 2.45) is 5.92 Å². The van der Waals surface area contributed by atoms with Crippen LogP contribution in [0.1, 0.15) is 42.3 Å². The molecule has 3 unspecified atom stereocenters. The second kappa shape index (κ2) is 10.5. The molecule has 2 aliphatic rings. The largest absolute Gasteiger partial charge is 0.550 e. The van der Waals surface area contributed by atoms with E-state index < -0.39 is 30.3 Å². The van der Waals surface area contributed by atoms with Crippen molar-refractivity contribution < 1.29 is 28.6 Å². The van der Waals surface area contributed by atoms with Crippen molar-refractivity contribution in [3.8, 4) is 5.75 Å². The topological polar surface area (TPSA) is 98.8 Å². The fourth-order valence-electron chi connectivity index (χ4n) is 5.32. The van der Waals surface area contributed by atoms with E-state index in [-0.39, 0.29) is 30.4 Å². The van der Waals surface area contributed by atoms with Crippen molar-refractivity contribution in [3.05, 3.63) is 102 Å². The van der Waals surface area contributed by atoms with E-state index in [1.807, 2.05) is 12.1 Å². The number of methoxy groups -OCH3 is 1. The quantitative estimate of drug-likeness (QED) is 0.533. The number of ether oxygens (including phenoxy) is 1. The number of carbonyl (C=O) groups excluding carboxylic acids is 3. The van der Waals surface area contributed by atoms with Crippen molar-refractivity contribution >= 4 is 29.0 Å². The predicted octanol–water partition coefficient (Wildman–Crippen LogP) is 4.12. The molecule has 0 saturated heterocycles. The van der Waals surface area contributed by atoms with Gasteiger partial charge in [-0.25, -0.2) is 4.39 Å². The van der Waals surface area contributed by atoms with Crippen LogP contribution < -0.4 is 20.1 Å². The normalized spacial score (nSPS) is 20.4. The lowest BCUT2D eigenvalue weighted by Crippen LogP contribution is -2.43. The van der Waals surface area contributed by atoms with Gasteiger partial charge in [0.25, 0.3) is 0 Å². The van der Waals surface area contributed by atoms with Gasteiger partial charge >= 0.3 is 0 Å². The molecule has 3 aromatic rings. The molecule has 3 aromatic carbocycles. The molecular formula is C30H26FN2O5-. The Balaban J connectivity index is 1.68. The first kappa shape index (κ1) is 25.2. The van der Waals surface area contributed by atoms with Crippen LogP contribution in [-0.4, -0.2) is 24.8 Å². The van der Waals surface area contributed by atoms with Gasteiger partial charge in [0.1, 0.15) is 17.3 Å². The molecule has 0 saturated carbocycles. The highest BCUT2D eigenvalue weighted by Gasteiger charge is 2.44. The van der Waals surface area contributed by atoms with Gasteiger partial charge in [0.2, 0.25) is 5.91 Å². The van der Waals surface area contributed by atoms with Crippen molar-refractivity contribution in [3.63, 3.8) is 0 Å². The van der Waals surface area contributed by atoms with Crippen LogP contribution in [-0.2, 0) is 14.4 Å². The number of hydrogen-bond acceptors (Lipinski definition) is 6. The Morgan fingerprint density at radius 3 is 2.50 bits per heavy atom. The van der Waals surface area contributed by atoms with Crippen LogP contribution in [0.15, 0.2) is 84.6 Å². The van der Waals surface area contributed by atoms with Crippen LogP contribution in [0.3, 0.4) is 0 Å².